The summed E-state index contributed by atoms with van der Waals surface area (Å²) < 4.78 is 0. The van der Waals surface area contributed by atoms with E-state index < -0.39 is 0 Å². The van der Waals surface area contributed by atoms with Gasteiger partial charge in [-0.15, -0.1) is 11.3 Å². The molecule has 28 heavy (non-hydrogen) atoms. The second-order valence-corrected chi connectivity index (χ2v) is 8.11. The molecular formula is C22H22N4OS. The number of hydrogen-bond acceptors (Lipinski definition) is 5. The van der Waals surface area contributed by atoms with E-state index in [1.165, 1.54) is 10.4 Å². The Hall–Kier alpha value is -2.91. The third-order valence-electron chi connectivity index (χ3n) is 4.84. The van der Waals surface area contributed by atoms with E-state index in [1.807, 2.05) is 13.1 Å². The van der Waals surface area contributed by atoms with Gasteiger partial charge in [0.1, 0.15) is 11.6 Å². The van der Waals surface area contributed by atoms with E-state index in [-0.39, 0.29) is 11.8 Å². The van der Waals surface area contributed by atoms with Crippen molar-refractivity contribution in [2.24, 2.45) is 5.92 Å². The van der Waals surface area contributed by atoms with Crippen molar-refractivity contribution in [3.05, 3.63) is 45.4 Å². The third-order valence-corrected chi connectivity index (χ3v) is 6.13. The van der Waals surface area contributed by atoms with Crippen molar-refractivity contribution in [3.63, 3.8) is 0 Å². The maximum atomic E-state index is 12.1. The topological polar surface area (TPSA) is 66.9 Å². The molecule has 3 aromatic rings. The van der Waals surface area contributed by atoms with Crippen molar-refractivity contribution in [2.75, 3.05) is 17.7 Å². The summed E-state index contributed by atoms with van der Waals surface area (Å²) in [7, 11) is 1.83. The Bertz CT molecular complexity index is 1120. The average molecular weight is 391 g/mol. The average Bonchev–Trinajstić information content (AvgIpc) is 3.49. The lowest BCUT2D eigenvalue weighted by Crippen LogP contribution is -2.14. The Morgan fingerprint density at radius 3 is 2.71 bits per heavy atom. The zero-order chi connectivity index (χ0) is 19.7. The number of thiophene rings is 1. The highest BCUT2D eigenvalue weighted by Gasteiger charge is 2.29. The summed E-state index contributed by atoms with van der Waals surface area (Å²) in [6.07, 6.45) is 6.46. The van der Waals surface area contributed by atoms with Crippen LogP contribution in [-0.4, -0.2) is 22.9 Å². The lowest BCUT2D eigenvalue weighted by atomic mass is 10.1. The number of carbonyl (C=O) groups excluding carboxylic acids is 1. The fourth-order valence-electron chi connectivity index (χ4n) is 3.05. The van der Waals surface area contributed by atoms with Crippen LogP contribution in [0.5, 0.6) is 0 Å². The Labute approximate surface area is 168 Å². The molecule has 0 spiro atoms. The van der Waals surface area contributed by atoms with E-state index in [1.54, 1.807) is 23.7 Å². The predicted octanol–water partition coefficient (Wildman–Crippen LogP) is 4.35. The van der Waals surface area contributed by atoms with Crippen LogP contribution < -0.4 is 10.6 Å². The molecule has 2 N–H and O–H groups in total. The second-order valence-electron chi connectivity index (χ2n) is 6.98. The first-order valence-corrected chi connectivity index (χ1v) is 10.3. The Morgan fingerprint density at radius 1 is 1.21 bits per heavy atom. The van der Waals surface area contributed by atoms with Gasteiger partial charge in [0.05, 0.1) is 10.4 Å². The maximum absolute atomic E-state index is 12.1. The van der Waals surface area contributed by atoms with E-state index in [4.69, 9.17) is 0 Å². The molecule has 0 aromatic carbocycles. The largest absolute Gasteiger partial charge is 0.373 e. The third kappa shape index (κ3) is 3.71. The zero-order valence-corrected chi connectivity index (χ0v) is 17.0. The lowest BCUT2D eigenvalue weighted by Gasteiger charge is -2.09. The molecule has 1 saturated carbocycles. The number of aryl methyl sites for hydroxylation is 2. The van der Waals surface area contributed by atoms with E-state index in [2.05, 4.69) is 52.4 Å². The summed E-state index contributed by atoms with van der Waals surface area (Å²) in [6.45, 7) is 4.25. The van der Waals surface area contributed by atoms with E-state index in [0.717, 1.165) is 46.3 Å². The standard InChI is InChI=1S/C22H22N4OS/c1-4-16-9-13(2)19(28-16)8-7-15-11-25-21(23-3)18-12-24-20(10-17(15)18)26-22(27)14-5-6-14/h9-12,14H,4-6H2,1-3H3,(H,23,25)(H,24,26,27). The minimum absolute atomic E-state index is 0.0451. The van der Waals surface area contributed by atoms with Crippen LogP contribution in [0.1, 0.15) is 40.6 Å². The number of pyridine rings is 2. The fraction of sp³-hybridized carbons (Fsp3) is 0.318. The van der Waals surface area contributed by atoms with Crippen molar-refractivity contribution in [1.82, 2.24) is 9.97 Å². The molecule has 0 saturated heterocycles. The van der Waals surface area contributed by atoms with Crippen LogP contribution in [0.25, 0.3) is 10.8 Å². The van der Waals surface area contributed by atoms with Crippen molar-refractivity contribution < 1.29 is 4.79 Å². The first-order chi connectivity index (χ1) is 13.6. The molecule has 6 heteroatoms. The van der Waals surface area contributed by atoms with Gasteiger partial charge in [-0.05, 0) is 43.9 Å². The molecule has 3 heterocycles. The molecule has 0 aliphatic heterocycles. The molecule has 1 amide bonds. The number of nitrogens with one attached hydrogen (secondary N) is 2. The number of hydrogen-bond donors (Lipinski definition) is 2. The van der Waals surface area contributed by atoms with Crippen LogP contribution in [0.2, 0.25) is 0 Å². The SMILES string of the molecule is CCc1cc(C)c(C#Cc2cnc(NC)c3cnc(NC(=O)C4CC4)cc23)s1. The molecule has 0 unspecified atom stereocenters. The summed E-state index contributed by atoms with van der Waals surface area (Å²) in [4.78, 5) is 23.4. The molecule has 1 aliphatic carbocycles. The van der Waals surface area contributed by atoms with E-state index >= 15 is 0 Å². The Balaban J connectivity index is 1.75. The van der Waals surface area contributed by atoms with Crippen LogP contribution in [0.4, 0.5) is 11.6 Å². The smallest absolute Gasteiger partial charge is 0.228 e. The number of amides is 1. The lowest BCUT2D eigenvalue weighted by molar-refractivity contribution is -0.117. The van der Waals surface area contributed by atoms with Gasteiger partial charge in [-0.25, -0.2) is 9.97 Å². The number of nitrogens with zero attached hydrogens (tertiary/aromatic N) is 2. The summed E-state index contributed by atoms with van der Waals surface area (Å²) in [5.74, 6) is 8.06. The molecule has 1 aliphatic rings. The number of anilines is 2. The van der Waals surface area contributed by atoms with Crippen LogP contribution in [0, 0.1) is 24.7 Å². The maximum Gasteiger partial charge on any atom is 0.228 e. The van der Waals surface area contributed by atoms with Crippen molar-refractivity contribution >= 4 is 39.7 Å². The van der Waals surface area contributed by atoms with E-state index in [9.17, 15) is 4.79 Å². The number of fused-ring (bicyclic) bond motifs is 1. The highest BCUT2D eigenvalue weighted by Crippen LogP contribution is 2.31. The van der Waals surface area contributed by atoms with Gasteiger partial charge in [0.15, 0.2) is 0 Å². The number of aromatic nitrogens is 2. The molecule has 4 rings (SSSR count). The molecule has 3 aromatic heterocycles. The van der Waals surface area contributed by atoms with Crippen LogP contribution in [-0.2, 0) is 11.2 Å². The molecule has 1 fully saturated rings. The van der Waals surface area contributed by atoms with Gasteiger partial charge in [-0.3, -0.25) is 4.79 Å². The van der Waals surface area contributed by atoms with Crippen LogP contribution >= 0.6 is 11.3 Å². The zero-order valence-electron chi connectivity index (χ0n) is 16.2. The molecular weight excluding hydrogens is 368 g/mol. The van der Waals surface area contributed by atoms with Gasteiger partial charge < -0.3 is 10.6 Å². The Kier molecular flexibility index (Phi) is 5.01. The minimum atomic E-state index is 0.0451. The van der Waals surface area contributed by atoms with Crippen molar-refractivity contribution in [2.45, 2.75) is 33.1 Å². The van der Waals surface area contributed by atoms with Crippen molar-refractivity contribution in [3.8, 4) is 11.8 Å². The number of carbonyl (C=O) groups is 1. The highest BCUT2D eigenvalue weighted by molar-refractivity contribution is 7.12. The molecule has 142 valence electrons. The van der Waals surface area contributed by atoms with Crippen LogP contribution in [0.15, 0.2) is 24.5 Å². The van der Waals surface area contributed by atoms with Crippen LogP contribution in [0.3, 0.4) is 0 Å². The van der Waals surface area contributed by atoms with Gasteiger partial charge in [-0.2, -0.15) is 0 Å². The van der Waals surface area contributed by atoms with E-state index in [0.29, 0.717) is 5.82 Å². The summed E-state index contributed by atoms with van der Waals surface area (Å²) in [5.41, 5.74) is 2.03. The molecule has 0 atom stereocenters. The van der Waals surface area contributed by atoms with Gasteiger partial charge in [0, 0.05) is 41.0 Å². The molecule has 0 bridgehead atoms. The van der Waals surface area contributed by atoms with Gasteiger partial charge in [0.25, 0.3) is 0 Å². The first kappa shape index (κ1) is 18.5. The minimum Gasteiger partial charge on any atom is -0.373 e. The Morgan fingerprint density at radius 2 is 2.04 bits per heavy atom. The quantitative estimate of drug-likeness (QED) is 0.650. The second kappa shape index (κ2) is 7.61. The normalized spacial score (nSPS) is 13.1. The summed E-state index contributed by atoms with van der Waals surface area (Å²) >= 11 is 1.74. The monoisotopic (exact) mass is 390 g/mol. The molecule has 5 nitrogen and oxygen atoms in total. The van der Waals surface area contributed by atoms with Gasteiger partial charge in [-0.1, -0.05) is 18.8 Å². The molecule has 0 radical (unpaired) electrons. The summed E-state index contributed by atoms with van der Waals surface area (Å²) in [5, 5.41) is 7.83. The predicted molar refractivity (Wildman–Crippen MR) is 115 cm³/mol. The highest BCUT2D eigenvalue weighted by atomic mass is 32.1. The summed E-state index contributed by atoms with van der Waals surface area (Å²) in [6, 6.07) is 4.09. The fourth-order valence-corrected chi connectivity index (χ4v) is 4.01. The number of rotatable bonds is 4. The van der Waals surface area contributed by atoms with Gasteiger partial charge in [0.2, 0.25) is 5.91 Å². The van der Waals surface area contributed by atoms with Gasteiger partial charge >= 0.3 is 0 Å². The van der Waals surface area contributed by atoms with Crippen molar-refractivity contribution in [1.29, 1.82) is 0 Å². The first-order valence-electron chi connectivity index (χ1n) is 9.47.